The molecule has 0 atom stereocenters. The summed E-state index contributed by atoms with van der Waals surface area (Å²) in [6.45, 7) is 1.38. The Morgan fingerprint density at radius 2 is 2.12 bits per heavy atom. The van der Waals surface area contributed by atoms with Crippen LogP contribution in [0.15, 0.2) is 18.2 Å². The van der Waals surface area contributed by atoms with Crippen molar-refractivity contribution in [2.24, 2.45) is 5.73 Å². The first-order chi connectivity index (χ1) is 8.31. The van der Waals surface area contributed by atoms with E-state index in [2.05, 4.69) is 6.26 Å². The third-order valence-corrected chi connectivity index (χ3v) is 3.11. The lowest BCUT2D eigenvalue weighted by Crippen LogP contribution is -2.04. The van der Waals surface area contributed by atoms with Gasteiger partial charge in [-0.2, -0.15) is 11.8 Å². The predicted molar refractivity (Wildman–Crippen MR) is 74.2 cm³/mol. The van der Waals surface area contributed by atoms with Crippen molar-refractivity contribution >= 4 is 11.8 Å². The average molecular weight is 255 g/mol. The fraction of sp³-hybridized carbons (Fsp3) is 0.538. The monoisotopic (exact) mass is 255 g/mol. The van der Waals surface area contributed by atoms with Gasteiger partial charge in [0, 0.05) is 0 Å². The first kappa shape index (κ1) is 14.2. The van der Waals surface area contributed by atoms with Crippen LogP contribution in [-0.2, 0) is 6.42 Å². The maximum absolute atomic E-state index is 5.69. The Morgan fingerprint density at radius 1 is 1.29 bits per heavy atom. The van der Waals surface area contributed by atoms with Gasteiger partial charge in [0.05, 0.1) is 13.7 Å². The average Bonchev–Trinajstić information content (AvgIpc) is 2.36. The molecule has 0 heterocycles. The second kappa shape index (κ2) is 8.25. The zero-order valence-electron chi connectivity index (χ0n) is 10.6. The van der Waals surface area contributed by atoms with E-state index in [0.717, 1.165) is 36.7 Å². The molecule has 0 saturated carbocycles. The Bertz CT molecular complexity index is 331. The molecule has 1 aromatic rings. The maximum atomic E-state index is 5.69. The summed E-state index contributed by atoms with van der Waals surface area (Å²) in [6, 6.07) is 6.00. The number of thioether (sulfide) groups is 1. The molecule has 0 aromatic heterocycles. The van der Waals surface area contributed by atoms with Crippen molar-refractivity contribution in [3.63, 3.8) is 0 Å². The highest BCUT2D eigenvalue weighted by Crippen LogP contribution is 2.28. The molecule has 0 spiro atoms. The lowest BCUT2D eigenvalue weighted by Gasteiger charge is -2.11. The number of ether oxygens (including phenoxy) is 2. The lowest BCUT2D eigenvalue weighted by molar-refractivity contribution is 0.295. The van der Waals surface area contributed by atoms with Crippen molar-refractivity contribution in [1.82, 2.24) is 0 Å². The van der Waals surface area contributed by atoms with Crippen molar-refractivity contribution in [3.05, 3.63) is 23.8 Å². The fourth-order valence-electron chi connectivity index (χ4n) is 1.54. The maximum Gasteiger partial charge on any atom is 0.161 e. The molecule has 2 N–H and O–H groups in total. The van der Waals surface area contributed by atoms with Crippen molar-refractivity contribution in [1.29, 1.82) is 0 Å². The number of methoxy groups -OCH3 is 1. The SMILES string of the molecule is COc1cc(CCN)ccc1OCCCSC. The Hall–Kier alpha value is -0.870. The molecule has 0 aliphatic rings. The van der Waals surface area contributed by atoms with E-state index in [1.807, 2.05) is 30.0 Å². The number of hydrogen-bond acceptors (Lipinski definition) is 4. The first-order valence-corrected chi connectivity index (χ1v) is 7.20. The molecule has 0 unspecified atom stereocenters. The van der Waals surface area contributed by atoms with E-state index >= 15 is 0 Å². The van der Waals surface area contributed by atoms with E-state index in [-0.39, 0.29) is 0 Å². The first-order valence-electron chi connectivity index (χ1n) is 5.80. The fourth-order valence-corrected chi connectivity index (χ4v) is 1.95. The molecule has 0 aliphatic heterocycles. The van der Waals surface area contributed by atoms with Gasteiger partial charge in [-0.25, -0.2) is 0 Å². The van der Waals surface area contributed by atoms with Gasteiger partial charge >= 0.3 is 0 Å². The Kier molecular flexibility index (Phi) is 6.89. The summed E-state index contributed by atoms with van der Waals surface area (Å²) >= 11 is 1.83. The van der Waals surface area contributed by atoms with Gasteiger partial charge in [0.2, 0.25) is 0 Å². The van der Waals surface area contributed by atoms with Crippen molar-refractivity contribution < 1.29 is 9.47 Å². The lowest BCUT2D eigenvalue weighted by atomic mass is 10.1. The summed E-state index contributed by atoms with van der Waals surface area (Å²) in [4.78, 5) is 0. The second-order valence-corrected chi connectivity index (χ2v) is 4.70. The zero-order chi connectivity index (χ0) is 12.5. The van der Waals surface area contributed by atoms with Gasteiger partial charge in [0.25, 0.3) is 0 Å². The van der Waals surface area contributed by atoms with Gasteiger partial charge in [-0.1, -0.05) is 6.07 Å². The molecule has 96 valence electrons. The third-order valence-electron chi connectivity index (χ3n) is 2.41. The van der Waals surface area contributed by atoms with E-state index in [1.54, 1.807) is 7.11 Å². The van der Waals surface area contributed by atoms with E-state index in [0.29, 0.717) is 6.54 Å². The molecule has 0 amide bonds. The van der Waals surface area contributed by atoms with Crippen LogP contribution in [0.5, 0.6) is 11.5 Å². The van der Waals surface area contributed by atoms with Gasteiger partial charge in [0.1, 0.15) is 0 Å². The molecule has 3 nitrogen and oxygen atoms in total. The minimum absolute atomic E-state index is 0.650. The van der Waals surface area contributed by atoms with Gasteiger partial charge in [-0.3, -0.25) is 0 Å². The summed E-state index contributed by atoms with van der Waals surface area (Å²) in [7, 11) is 1.66. The number of nitrogens with two attached hydrogens (primary N) is 1. The third kappa shape index (κ3) is 4.88. The van der Waals surface area contributed by atoms with Crippen LogP contribution in [0.25, 0.3) is 0 Å². The molecule has 0 aliphatic carbocycles. The molecule has 0 fully saturated rings. The predicted octanol–water partition coefficient (Wildman–Crippen LogP) is 2.33. The smallest absolute Gasteiger partial charge is 0.161 e. The van der Waals surface area contributed by atoms with E-state index in [9.17, 15) is 0 Å². The molecule has 0 saturated heterocycles. The normalized spacial score (nSPS) is 10.3. The quantitative estimate of drug-likeness (QED) is 0.724. The second-order valence-electron chi connectivity index (χ2n) is 3.72. The van der Waals surface area contributed by atoms with Crippen LogP contribution in [-0.4, -0.2) is 32.3 Å². The Morgan fingerprint density at radius 3 is 2.76 bits per heavy atom. The van der Waals surface area contributed by atoms with Crippen LogP contribution in [0.1, 0.15) is 12.0 Å². The zero-order valence-corrected chi connectivity index (χ0v) is 11.4. The molecule has 1 rings (SSSR count). The topological polar surface area (TPSA) is 44.5 Å². The molecule has 0 radical (unpaired) electrons. The van der Waals surface area contributed by atoms with Crippen LogP contribution in [0.3, 0.4) is 0 Å². The van der Waals surface area contributed by atoms with Crippen molar-refractivity contribution in [3.8, 4) is 11.5 Å². The highest BCUT2D eigenvalue weighted by molar-refractivity contribution is 7.98. The molecule has 1 aromatic carbocycles. The Labute approximate surface area is 108 Å². The summed E-state index contributed by atoms with van der Waals surface area (Å²) in [6.07, 6.45) is 4.01. The van der Waals surface area contributed by atoms with E-state index in [1.165, 1.54) is 5.56 Å². The number of benzene rings is 1. The summed E-state index contributed by atoms with van der Waals surface area (Å²) in [5.74, 6) is 2.72. The molecule has 0 bridgehead atoms. The van der Waals surface area contributed by atoms with Gasteiger partial charge in [-0.05, 0) is 49.1 Å². The minimum Gasteiger partial charge on any atom is -0.493 e. The van der Waals surface area contributed by atoms with Crippen LogP contribution in [0, 0.1) is 0 Å². The summed E-state index contributed by atoms with van der Waals surface area (Å²) < 4.78 is 11.0. The van der Waals surface area contributed by atoms with Gasteiger partial charge < -0.3 is 15.2 Å². The van der Waals surface area contributed by atoms with Gasteiger partial charge in [0.15, 0.2) is 11.5 Å². The highest BCUT2D eigenvalue weighted by Gasteiger charge is 2.05. The van der Waals surface area contributed by atoms with E-state index in [4.69, 9.17) is 15.2 Å². The highest BCUT2D eigenvalue weighted by atomic mass is 32.2. The van der Waals surface area contributed by atoms with Crippen molar-refractivity contribution in [2.75, 3.05) is 32.3 Å². The summed E-state index contributed by atoms with van der Waals surface area (Å²) in [5.41, 5.74) is 6.71. The van der Waals surface area contributed by atoms with Crippen LogP contribution in [0.4, 0.5) is 0 Å². The van der Waals surface area contributed by atoms with Crippen molar-refractivity contribution in [2.45, 2.75) is 12.8 Å². The van der Waals surface area contributed by atoms with E-state index < -0.39 is 0 Å². The molecular weight excluding hydrogens is 234 g/mol. The molecular formula is C13H21NO2S. The van der Waals surface area contributed by atoms with Crippen LogP contribution < -0.4 is 15.2 Å². The van der Waals surface area contributed by atoms with Gasteiger partial charge in [-0.15, -0.1) is 0 Å². The Balaban J connectivity index is 2.58. The largest absolute Gasteiger partial charge is 0.493 e. The minimum atomic E-state index is 0.650. The molecule has 4 heteroatoms. The number of hydrogen-bond donors (Lipinski definition) is 1. The number of rotatable bonds is 8. The molecule has 17 heavy (non-hydrogen) atoms. The summed E-state index contributed by atoms with van der Waals surface area (Å²) in [5, 5.41) is 0. The van der Waals surface area contributed by atoms with Crippen LogP contribution in [0.2, 0.25) is 0 Å². The standard InChI is InChI=1S/C13H21NO2S/c1-15-13-10-11(6-7-14)4-5-12(13)16-8-3-9-17-2/h4-5,10H,3,6-9,14H2,1-2H3. The van der Waals surface area contributed by atoms with Crippen LogP contribution >= 0.6 is 11.8 Å².